The maximum Gasteiger partial charge on any atom is 0.0548 e. The SMILES string of the molecule is c1ccc(-n2c3ccccc3c3c4c5cc(-c6ccc7c(c6)-c6ccccc6C7c6ccc7ccccc7c6)ccc5n(-c5ccc6ccccc6c5)c4ccc32)cc1. The van der Waals surface area contributed by atoms with E-state index in [1.165, 1.54) is 104 Å². The summed E-state index contributed by atoms with van der Waals surface area (Å²) in [6.45, 7) is 0. The van der Waals surface area contributed by atoms with Gasteiger partial charge in [-0.1, -0.05) is 152 Å². The van der Waals surface area contributed by atoms with Gasteiger partial charge in [0.15, 0.2) is 0 Å². The van der Waals surface area contributed by atoms with Crippen molar-refractivity contribution in [2.45, 2.75) is 5.92 Å². The van der Waals surface area contributed by atoms with Crippen LogP contribution in [0.1, 0.15) is 22.6 Å². The summed E-state index contributed by atoms with van der Waals surface area (Å²) >= 11 is 0. The predicted octanol–water partition coefficient (Wildman–Crippen LogP) is 15.0. The third kappa shape index (κ3) is 4.75. The number of rotatable bonds is 4. The lowest BCUT2D eigenvalue weighted by Gasteiger charge is -2.16. The quantitative estimate of drug-likeness (QED) is 0.170. The highest BCUT2D eigenvalue weighted by molar-refractivity contribution is 6.29. The van der Waals surface area contributed by atoms with Crippen LogP contribution in [0.25, 0.3) is 98.8 Å². The number of nitrogens with zero attached hydrogens (tertiary/aromatic N) is 2. The van der Waals surface area contributed by atoms with Crippen molar-refractivity contribution in [2.24, 2.45) is 0 Å². The van der Waals surface area contributed by atoms with Gasteiger partial charge in [-0.05, 0) is 121 Å². The molecule has 0 aliphatic heterocycles. The lowest BCUT2D eigenvalue weighted by molar-refractivity contribution is 1.02. The van der Waals surface area contributed by atoms with Gasteiger partial charge in [-0.2, -0.15) is 0 Å². The minimum Gasteiger partial charge on any atom is -0.309 e. The number of aromatic nitrogens is 2. The van der Waals surface area contributed by atoms with E-state index in [1.807, 2.05) is 0 Å². The van der Waals surface area contributed by atoms with Crippen molar-refractivity contribution in [1.29, 1.82) is 0 Å². The fourth-order valence-corrected chi connectivity index (χ4v) is 10.3. The lowest BCUT2D eigenvalue weighted by atomic mass is 9.87. The fraction of sp³-hybridized carbons (Fsp3) is 0.0175. The average molecular weight is 749 g/mol. The Kier molecular flexibility index (Phi) is 6.82. The summed E-state index contributed by atoms with van der Waals surface area (Å²) in [4.78, 5) is 0. The number of benzene rings is 10. The summed E-state index contributed by atoms with van der Waals surface area (Å²) in [7, 11) is 0. The van der Waals surface area contributed by atoms with E-state index < -0.39 is 0 Å². The summed E-state index contributed by atoms with van der Waals surface area (Å²) in [6, 6.07) is 78.8. The van der Waals surface area contributed by atoms with Crippen LogP contribution in [-0.4, -0.2) is 9.13 Å². The van der Waals surface area contributed by atoms with Gasteiger partial charge in [-0.3, -0.25) is 0 Å². The molecule has 2 nitrogen and oxygen atoms in total. The normalized spacial score (nSPS) is 13.6. The van der Waals surface area contributed by atoms with Crippen molar-refractivity contribution in [3.8, 4) is 33.6 Å². The van der Waals surface area contributed by atoms with E-state index in [2.05, 4.69) is 221 Å². The van der Waals surface area contributed by atoms with E-state index in [9.17, 15) is 0 Å². The Labute approximate surface area is 341 Å². The zero-order chi connectivity index (χ0) is 38.6. The Morgan fingerprint density at radius 1 is 0.305 bits per heavy atom. The van der Waals surface area contributed by atoms with Crippen LogP contribution in [0.4, 0.5) is 0 Å². The van der Waals surface area contributed by atoms with Gasteiger partial charge < -0.3 is 9.13 Å². The standard InChI is InChI=1S/C57H36N2/c1-2-16-43(17-3-1)58-51-21-11-10-20-48(51)56-53(58)30-31-54-57(56)50-35-41(26-29-52(50)59(54)44-27-24-37-13-5-7-15-39(37)33-44)40-25-28-47-49(34-40)45-18-8-9-19-46(45)55(47)42-23-22-36-12-4-6-14-38(36)32-42/h1-35,55H. The summed E-state index contributed by atoms with van der Waals surface area (Å²) in [5.41, 5.74) is 16.3. The largest absolute Gasteiger partial charge is 0.309 e. The van der Waals surface area contributed by atoms with Gasteiger partial charge in [0.1, 0.15) is 0 Å². The molecule has 0 radical (unpaired) electrons. The van der Waals surface area contributed by atoms with Crippen LogP contribution in [-0.2, 0) is 0 Å². The summed E-state index contributed by atoms with van der Waals surface area (Å²) in [5, 5.41) is 10.1. The van der Waals surface area contributed by atoms with Crippen molar-refractivity contribution in [1.82, 2.24) is 9.13 Å². The van der Waals surface area contributed by atoms with Gasteiger partial charge in [0, 0.05) is 38.8 Å². The van der Waals surface area contributed by atoms with E-state index in [0.29, 0.717) is 0 Å². The van der Waals surface area contributed by atoms with Crippen molar-refractivity contribution < 1.29 is 0 Å². The maximum atomic E-state index is 2.47. The van der Waals surface area contributed by atoms with E-state index in [-0.39, 0.29) is 5.92 Å². The van der Waals surface area contributed by atoms with E-state index in [4.69, 9.17) is 0 Å². The van der Waals surface area contributed by atoms with Crippen LogP contribution < -0.4 is 0 Å². The molecule has 2 heterocycles. The molecule has 274 valence electrons. The van der Waals surface area contributed by atoms with E-state index in [1.54, 1.807) is 0 Å². The molecule has 10 aromatic carbocycles. The zero-order valence-corrected chi connectivity index (χ0v) is 32.2. The number of hydrogen-bond donors (Lipinski definition) is 0. The molecule has 0 bridgehead atoms. The van der Waals surface area contributed by atoms with Crippen LogP contribution in [0.2, 0.25) is 0 Å². The van der Waals surface area contributed by atoms with Crippen molar-refractivity contribution in [3.05, 3.63) is 229 Å². The molecule has 1 unspecified atom stereocenters. The van der Waals surface area contributed by atoms with Crippen LogP contribution >= 0.6 is 0 Å². The van der Waals surface area contributed by atoms with Crippen molar-refractivity contribution in [3.63, 3.8) is 0 Å². The summed E-state index contributed by atoms with van der Waals surface area (Å²) in [6.07, 6.45) is 0. The zero-order valence-electron chi connectivity index (χ0n) is 32.2. The number of fused-ring (bicyclic) bond motifs is 12. The molecular weight excluding hydrogens is 713 g/mol. The molecule has 1 aliphatic carbocycles. The van der Waals surface area contributed by atoms with Gasteiger partial charge in [0.25, 0.3) is 0 Å². The molecule has 1 aliphatic rings. The molecule has 13 rings (SSSR count). The second-order valence-corrected chi connectivity index (χ2v) is 16.1. The molecule has 59 heavy (non-hydrogen) atoms. The number of hydrogen-bond acceptors (Lipinski definition) is 0. The Balaban J connectivity index is 1.06. The first-order valence-electron chi connectivity index (χ1n) is 20.5. The minimum absolute atomic E-state index is 0.192. The molecule has 0 saturated heterocycles. The average Bonchev–Trinajstić information content (AvgIpc) is 3.94. The van der Waals surface area contributed by atoms with Gasteiger partial charge in [-0.15, -0.1) is 0 Å². The highest BCUT2D eigenvalue weighted by Crippen LogP contribution is 2.50. The van der Waals surface area contributed by atoms with E-state index in [0.717, 1.165) is 11.4 Å². The molecule has 0 fully saturated rings. The smallest absolute Gasteiger partial charge is 0.0548 e. The third-order valence-electron chi connectivity index (χ3n) is 12.9. The molecule has 0 spiro atoms. The Morgan fingerprint density at radius 3 is 1.71 bits per heavy atom. The van der Waals surface area contributed by atoms with E-state index >= 15 is 0 Å². The maximum absolute atomic E-state index is 2.47. The lowest BCUT2D eigenvalue weighted by Crippen LogP contribution is -1.99. The topological polar surface area (TPSA) is 9.86 Å². The van der Waals surface area contributed by atoms with Crippen LogP contribution in [0.15, 0.2) is 212 Å². The molecular formula is C57H36N2. The predicted molar refractivity (Wildman–Crippen MR) is 248 cm³/mol. The molecule has 2 heteroatoms. The highest BCUT2D eigenvalue weighted by atomic mass is 15.0. The Hall–Kier alpha value is -7.68. The first kappa shape index (κ1) is 32.4. The molecule has 1 atom stereocenters. The molecule has 0 amide bonds. The second kappa shape index (κ2) is 12.4. The number of para-hydroxylation sites is 2. The molecule has 0 N–H and O–H groups in total. The Morgan fingerprint density at radius 2 is 0.881 bits per heavy atom. The summed E-state index contributed by atoms with van der Waals surface area (Å²) in [5.74, 6) is 0.192. The minimum atomic E-state index is 0.192. The highest BCUT2D eigenvalue weighted by Gasteiger charge is 2.30. The van der Waals surface area contributed by atoms with Gasteiger partial charge in [0.2, 0.25) is 0 Å². The van der Waals surface area contributed by atoms with Gasteiger partial charge >= 0.3 is 0 Å². The first-order valence-corrected chi connectivity index (χ1v) is 20.5. The molecule has 0 saturated carbocycles. The Bertz CT molecular complexity index is 3680. The monoisotopic (exact) mass is 748 g/mol. The fourth-order valence-electron chi connectivity index (χ4n) is 10.3. The summed E-state index contributed by atoms with van der Waals surface area (Å²) < 4.78 is 4.90. The van der Waals surface area contributed by atoms with Gasteiger partial charge in [0.05, 0.1) is 22.1 Å². The van der Waals surface area contributed by atoms with Crippen molar-refractivity contribution in [2.75, 3.05) is 0 Å². The second-order valence-electron chi connectivity index (χ2n) is 16.1. The van der Waals surface area contributed by atoms with Crippen LogP contribution in [0, 0.1) is 0 Å². The van der Waals surface area contributed by atoms with Crippen LogP contribution in [0.5, 0.6) is 0 Å². The third-order valence-corrected chi connectivity index (χ3v) is 12.9. The molecule has 12 aromatic rings. The molecule has 2 aromatic heterocycles. The van der Waals surface area contributed by atoms with Crippen LogP contribution in [0.3, 0.4) is 0 Å². The van der Waals surface area contributed by atoms with Gasteiger partial charge in [-0.25, -0.2) is 0 Å². The van der Waals surface area contributed by atoms with Crippen molar-refractivity contribution >= 4 is 65.2 Å². The first-order chi connectivity index (χ1) is 29.3.